The molecule has 0 aliphatic heterocycles. The van der Waals surface area contributed by atoms with Crippen molar-refractivity contribution in [2.45, 2.75) is 6.92 Å². The van der Waals surface area contributed by atoms with Crippen molar-refractivity contribution in [3.8, 4) is 0 Å². The summed E-state index contributed by atoms with van der Waals surface area (Å²) in [7, 11) is 0. The Kier molecular flexibility index (Phi) is 5.81. The van der Waals surface area contributed by atoms with Crippen LogP contribution in [0.2, 0.25) is 5.02 Å². The molecule has 1 amide bonds. The van der Waals surface area contributed by atoms with E-state index in [9.17, 15) is 14.9 Å². The van der Waals surface area contributed by atoms with Gasteiger partial charge in [-0.25, -0.2) is 5.43 Å². The largest absolute Gasteiger partial charge is 0.276 e. The van der Waals surface area contributed by atoms with E-state index in [1.54, 1.807) is 36.4 Å². The molecule has 0 aliphatic rings. The fraction of sp³-hybridized carbons (Fsp3) is 0.0588. The number of para-hydroxylation sites is 1. The molecule has 1 N–H and O–H groups in total. The SMILES string of the molecule is Cc1ccc(C(=O)NN=CC=Cc2ccccc2[N+](=O)[O-])c(Cl)c1. The highest BCUT2D eigenvalue weighted by molar-refractivity contribution is 6.33. The summed E-state index contributed by atoms with van der Waals surface area (Å²) < 4.78 is 0. The zero-order valence-corrected chi connectivity index (χ0v) is 13.5. The minimum atomic E-state index is -0.460. The number of nitrogens with zero attached hydrogens (tertiary/aromatic N) is 2. The van der Waals surface area contributed by atoms with Gasteiger partial charge in [0.05, 0.1) is 21.1 Å². The van der Waals surface area contributed by atoms with Gasteiger partial charge in [-0.05, 0) is 42.8 Å². The minimum Gasteiger partial charge on any atom is -0.267 e. The van der Waals surface area contributed by atoms with Crippen molar-refractivity contribution in [1.82, 2.24) is 5.43 Å². The maximum Gasteiger partial charge on any atom is 0.276 e. The number of carbonyl (C=O) groups excluding carboxylic acids is 1. The molecule has 2 aromatic carbocycles. The number of amides is 1. The monoisotopic (exact) mass is 343 g/mol. The topological polar surface area (TPSA) is 84.6 Å². The number of halogens is 1. The number of aryl methyl sites for hydroxylation is 1. The number of nitro benzene ring substituents is 1. The standard InChI is InChI=1S/C17H14ClN3O3/c1-12-8-9-14(15(18)11-12)17(22)20-19-10-4-6-13-5-2-3-7-16(13)21(23)24/h2-11H,1H3,(H,20,22). The van der Waals surface area contributed by atoms with Gasteiger partial charge in [0.15, 0.2) is 0 Å². The summed E-state index contributed by atoms with van der Waals surface area (Å²) in [6.07, 6.45) is 4.36. The molecule has 6 nitrogen and oxygen atoms in total. The molecule has 122 valence electrons. The number of nitrogens with one attached hydrogen (secondary N) is 1. The van der Waals surface area contributed by atoms with Crippen LogP contribution in [0.4, 0.5) is 5.69 Å². The second-order valence-corrected chi connectivity index (χ2v) is 5.28. The summed E-state index contributed by atoms with van der Waals surface area (Å²) in [4.78, 5) is 22.4. The summed E-state index contributed by atoms with van der Waals surface area (Å²) in [6, 6.07) is 11.4. The van der Waals surface area contributed by atoms with Gasteiger partial charge in [-0.3, -0.25) is 14.9 Å². The number of nitro groups is 1. The molecule has 7 heteroatoms. The number of hydrogen-bond donors (Lipinski definition) is 1. The molecule has 0 atom stereocenters. The predicted molar refractivity (Wildman–Crippen MR) is 94.3 cm³/mol. The van der Waals surface area contributed by atoms with Gasteiger partial charge in [-0.1, -0.05) is 29.8 Å². The lowest BCUT2D eigenvalue weighted by Gasteiger charge is -2.03. The summed E-state index contributed by atoms with van der Waals surface area (Å²) in [5, 5.41) is 15.0. The van der Waals surface area contributed by atoms with E-state index in [0.29, 0.717) is 16.1 Å². The van der Waals surface area contributed by atoms with E-state index < -0.39 is 10.8 Å². The lowest BCUT2D eigenvalue weighted by atomic mass is 10.1. The lowest BCUT2D eigenvalue weighted by molar-refractivity contribution is -0.385. The molecule has 0 radical (unpaired) electrons. The Balaban J connectivity index is 2.00. The normalized spacial score (nSPS) is 11.1. The highest BCUT2D eigenvalue weighted by Gasteiger charge is 2.09. The average molecular weight is 344 g/mol. The van der Waals surface area contributed by atoms with Gasteiger partial charge in [0, 0.05) is 12.3 Å². The Labute approximate surface area is 143 Å². The maximum absolute atomic E-state index is 11.9. The van der Waals surface area contributed by atoms with Crippen molar-refractivity contribution >= 4 is 35.5 Å². The van der Waals surface area contributed by atoms with E-state index in [1.165, 1.54) is 24.4 Å². The smallest absolute Gasteiger partial charge is 0.267 e. The maximum atomic E-state index is 11.9. The molecule has 0 aromatic heterocycles. The average Bonchev–Trinajstić information content (AvgIpc) is 2.54. The van der Waals surface area contributed by atoms with Gasteiger partial charge in [0.25, 0.3) is 11.6 Å². The van der Waals surface area contributed by atoms with Crippen LogP contribution in [0.3, 0.4) is 0 Å². The third-order valence-corrected chi connectivity index (χ3v) is 3.42. The molecule has 0 saturated heterocycles. The van der Waals surface area contributed by atoms with Gasteiger partial charge in [0.2, 0.25) is 0 Å². The van der Waals surface area contributed by atoms with Crippen molar-refractivity contribution in [3.05, 3.63) is 80.4 Å². The van der Waals surface area contributed by atoms with Crippen LogP contribution in [0, 0.1) is 17.0 Å². The predicted octanol–water partition coefficient (Wildman–Crippen LogP) is 3.99. The summed E-state index contributed by atoms with van der Waals surface area (Å²) >= 11 is 6.00. The van der Waals surface area contributed by atoms with Gasteiger partial charge >= 0.3 is 0 Å². The van der Waals surface area contributed by atoms with Crippen LogP contribution in [-0.2, 0) is 0 Å². The Morgan fingerprint density at radius 2 is 2.04 bits per heavy atom. The number of hydrazone groups is 1. The Morgan fingerprint density at radius 3 is 2.75 bits per heavy atom. The fourth-order valence-electron chi connectivity index (χ4n) is 1.94. The summed E-state index contributed by atoms with van der Waals surface area (Å²) in [6.45, 7) is 1.87. The minimum absolute atomic E-state index is 0.00220. The van der Waals surface area contributed by atoms with Gasteiger partial charge in [0.1, 0.15) is 0 Å². The number of rotatable bonds is 5. The zero-order valence-electron chi connectivity index (χ0n) is 12.8. The van der Waals surface area contributed by atoms with Gasteiger partial charge < -0.3 is 0 Å². The molecule has 0 unspecified atom stereocenters. The molecular weight excluding hydrogens is 330 g/mol. The summed E-state index contributed by atoms with van der Waals surface area (Å²) in [5.74, 6) is -0.435. The highest BCUT2D eigenvalue weighted by Crippen LogP contribution is 2.19. The molecule has 0 spiro atoms. The van der Waals surface area contributed by atoms with E-state index in [0.717, 1.165) is 5.56 Å². The van der Waals surface area contributed by atoms with Crippen molar-refractivity contribution in [2.24, 2.45) is 5.10 Å². The van der Waals surface area contributed by atoms with E-state index >= 15 is 0 Å². The van der Waals surface area contributed by atoms with E-state index in [2.05, 4.69) is 10.5 Å². The van der Waals surface area contributed by atoms with Crippen molar-refractivity contribution < 1.29 is 9.72 Å². The third kappa shape index (κ3) is 4.50. The number of carbonyl (C=O) groups is 1. The molecule has 24 heavy (non-hydrogen) atoms. The van der Waals surface area contributed by atoms with Crippen LogP contribution in [0.1, 0.15) is 21.5 Å². The number of allylic oxidation sites excluding steroid dienone is 1. The summed E-state index contributed by atoms with van der Waals surface area (Å²) in [5.41, 5.74) is 4.06. The molecule has 2 rings (SSSR count). The second-order valence-electron chi connectivity index (χ2n) is 4.88. The molecule has 0 bridgehead atoms. The number of benzene rings is 2. The van der Waals surface area contributed by atoms with Crippen molar-refractivity contribution in [1.29, 1.82) is 0 Å². The van der Waals surface area contributed by atoms with E-state index in [-0.39, 0.29) is 5.69 Å². The first-order valence-electron chi connectivity index (χ1n) is 6.98. The first kappa shape index (κ1) is 17.4. The van der Waals surface area contributed by atoms with Crippen LogP contribution in [0.5, 0.6) is 0 Å². The van der Waals surface area contributed by atoms with Gasteiger partial charge in [-0.15, -0.1) is 0 Å². The molecule has 2 aromatic rings. The molecular formula is C17H14ClN3O3. The molecule has 0 fully saturated rings. The second kappa shape index (κ2) is 8.03. The first-order valence-corrected chi connectivity index (χ1v) is 7.36. The Morgan fingerprint density at radius 1 is 1.29 bits per heavy atom. The Hall–Kier alpha value is -2.99. The molecule has 0 aliphatic carbocycles. The van der Waals surface area contributed by atoms with E-state index in [1.807, 2.05) is 6.92 Å². The van der Waals surface area contributed by atoms with Crippen molar-refractivity contribution in [2.75, 3.05) is 0 Å². The number of hydrogen-bond acceptors (Lipinski definition) is 4. The van der Waals surface area contributed by atoms with Crippen LogP contribution in [-0.4, -0.2) is 17.0 Å². The quantitative estimate of drug-likeness (QED) is 0.506. The first-order chi connectivity index (χ1) is 11.5. The fourth-order valence-corrected chi connectivity index (χ4v) is 2.27. The Bertz CT molecular complexity index is 832. The van der Waals surface area contributed by atoms with E-state index in [4.69, 9.17) is 11.6 Å². The third-order valence-electron chi connectivity index (χ3n) is 3.11. The van der Waals surface area contributed by atoms with Crippen molar-refractivity contribution in [3.63, 3.8) is 0 Å². The highest BCUT2D eigenvalue weighted by atomic mass is 35.5. The van der Waals surface area contributed by atoms with Crippen LogP contribution in [0.25, 0.3) is 6.08 Å². The van der Waals surface area contributed by atoms with Crippen LogP contribution in [0.15, 0.2) is 53.6 Å². The lowest BCUT2D eigenvalue weighted by Crippen LogP contribution is -2.17. The molecule has 0 saturated carbocycles. The van der Waals surface area contributed by atoms with Gasteiger partial charge in [-0.2, -0.15) is 5.10 Å². The van der Waals surface area contributed by atoms with Crippen LogP contribution >= 0.6 is 11.6 Å². The van der Waals surface area contributed by atoms with Crippen LogP contribution < -0.4 is 5.43 Å². The molecule has 0 heterocycles. The zero-order chi connectivity index (χ0) is 17.5.